The van der Waals surface area contributed by atoms with Crippen molar-refractivity contribution in [3.8, 4) is 11.3 Å². The molecule has 0 amide bonds. The molecule has 0 unspecified atom stereocenters. The van der Waals surface area contributed by atoms with Gasteiger partial charge in [0.25, 0.3) is 5.82 Å². The number of furan rings is 1. The van der Waals surface area contributed by atoms with Crippen LogP contribution in [0.1, 0.15) is 11.1 Å². The Hall–Kier alpha value is -4.46. The Morgan fingerprint density at radius 1 is 1.15 bits per heavy atom. The van der Waals surface area contributed by atoms with Crippen LogP contribution < -0.4 is 4.90 Å². The summed E-state index contributed by atoms with van der Waals surface area (Å²) in [5, 5.41) is 0. The van der Waals surface area contributed by atoms with E-state index in [-0.39, 0.29) is 0 Å². The van der Waals surface area contributed by atoms with E-state index in [1.165, 1.54) is 17.8 Å². The molecule has 0 saturated heterocycles. The molecule has 0 radical (unpaired) electrons. The van der Waals surface area contributed by atoms with Gasteiger partial charge in [0, 0.05) is 18.3 Å². The van der Waals surface area contributed by atoms with Crippen LogP contribution in [-0.2, 0) is 13.5 Å². The molecule has 4 aromatic heterocycles. The number of rotatable bonds is 6. The van der Waals surface area contributed by atoms with Gasteiger partial charge >= 0.3 is 5.78 Å². The molecule has 0 N–H and O–H groups in total. The SMILES string of the molecule is Cn1cc(-c2cccc(N(CN=Cc3coc4ocnc34)c3ccccc3)n2)c2c1[N+](C)=CC2. The van der Waals surface area contributed by atoms with Crippen LogP contribution in [0.15, 0.2) is 81.2 Å². The smallest absolute Gasteiger partial charge is 0.318 e. The van der Waals surface area contributed by atoms with E-state index in [1.807, 2.05) is 30.3 Å². The minimum absolute atomic E-state index is 0.383. The van der Waals surface area contributed by atoms with E-state index in [2.05, 4.69) is 68.7 Å². The molecule has 1 aliphatic heterocycles. The maximum Gasteiger partial charge on any atom is 0.318 e. The van der Waals surface area contributed by atoms with Crippen LogP contribution in [0.3, 0.4) is 0 Å². The van der Waals surface area contributed by atoms with Crippen LogP contribution in [0.25, 0.3) is 22.6 Å². The van der Waals surface area contributed by atoms with Gasteiger partial charge in [0.1, 0.15) is 24.9 Å². The van der Waals surface area contributed by atoms with Crippen molar-refractivity contribution in [2.75, 3.05) is 18.6 Å². The molecule has 8 heteroatoms. The molecule has 34 heavy (non-hydrogen) atoms. The Bertz CT molecular complexity index is 1540. The van der Waals surface area contributed by atoms with Crippen molar-refractivity contribution >= 4 is 41.0 Å². The maximum absolute atomic E-state index is 5.37. The van der Waals surface area contributed by atoms with E-state index in [0.29, 0.717) is 18.0 Å². The average Bonchev–Trinajstić information content (AvgIpc) is 3.63. The van der Waals surface area contributed by atoms with Crippen LogP contribution in [0.2, 0.25) is 0 Å². The van der Waals surface area contributed by atoms with Gasteiger partial charge in [0.15, 0.2) is 11.9 Å². The van der Waals surface area contributed by atoms with Gasteiger partial charge in [-0.3, -0.25) is 4.99 Å². The van der Waals surface area contributed by atoms with E-state index in [4.69, 9.17) is 13.8 Å². The first kappa shape index (κ1) is 20.2. The van der Waals surface area contributed by atoms with Gasteiger partial charge in [-0.05, 0) is 24.3 Å². The van der Waals surface area contributed by atoms with Gasteiger partial charge < -0.3 is 13.7 Å². The number of hydrogen-bond donors (Lipinski definition) is 0. The van der Waals surface area contributed by atoms with Gasteiger partial charge in [-0.25, -0.2) is 19.1 Å². The minimum atomic E-state index is 0.383. The quantitative estimate of drug-likeness (QED) is 0.270. The Morgan fingerprint density at radius 2 is 2.03 bits per heavy atom. The summed E-state index contributed by atoms with van der Waals surface area (Å²) in [5.41, 5.74) is 5.85. The first-order valence-electron chi connectivity index (χ1n) is 11.0. The molecule has 1 aromatic carbocycles. The molecule has 0 bridgehead atoms. The lowest BCUT2D eigenvalue weighted by Crippen LogP contribution is -2.18. The highest BCUT2D eigenvalue weighted by molar-refractivity contribution is 5.93. The first-order valence-corrected chi connectivity index (χ1v) is 11.0. The van der Waals surface area contributed by atoms with Crippen LogP contribution in [0, 0.1) is 0 Å². The average molecular weight is 452 g/mol. The number of para-hydroxylation sites is 1. The summed E-state index contributed by atoms with van der Waals surface area (Å²) in [6.45, 7) is 0.383. The van der Waals surface area contributed by atoms with Gasteiger partial charge in [0.2, 0.25) is 0 Å². The Balaban J connectivity index is 1.35. The highest BCUT2D eigenvalue weighted by atomic mass is 16.5. The number of oxazole rings is 1. The van der Waals surface area contributed by atoms with E-state index >= 15 is 0 Å². The van der Waals surface area contributed by atoms with Crippen molar-refractivity contribution in [2.45, 2.75) is 6.42 Å². The van der Waals surface area contributed by atoms with Crippen molar-refractivity contribution in [2.24, 2.45) is 12.0 Å². The van der Waals surface area contributed by atoms with Gasteiger partial charge in [0.05, 0.1) is 42.7 Å². The van der Waals surface area contributed by atoms with E-state index in [0.717, 1.165) is 34.7 Å². The van der Waals surface area contributed by atoms with Crippen molar-refractivity contribution in [1.82, 2.24) is 14.5 Å². The standard InChI is InChI=1S/C26H23N6O2/c1-30-12-11-20-21(14-31(2)25(20)30)22-9-6-10-23(29-22)32(19-7-4-3-5-8-19)16-27-13-18-15-33-26-24(18)28-17-34-26/h3-10,12-15,17H,11,16H2,1-2H3/q+1. The zero-order valence-electron chi connectivity index (χ0n) is 18.9. The fourth-order valence-electron chi connectivity index (χ4n) is 4.48. The number of hydrogen-bond acceptors (Lipinski definition) is 6. The molecule has 0 spiro atoms. The summed E-state index contributed by atoms with van der Waals surface area (Å²) in [7, 11) is 4.16. The van der Waals surface area contributed by atoms with Crippen molar-refractivity contribution in [3.63, 3.8) is 0 Å². The number of aryl methyl sites for hydroxylation is 1. The molecule has 5 heterocycles. The van der Waals surface area contributed by atoms with Gasteiger partial charge in [-0.2, -0.15) is 0 Å². The number of aliphatic imine (C=N–C) groups is 1. The van der Waals surface area contributed by atoms with Crippen molar-refractivity contribution in [3.05, 3.63) is 78.5 Å². The molecule has 0 saturated carbocycles. The summed E-state index contributed by atoms with van der Waals surface area (Å²) >= 11 is 0. The van der Waals surface area contributed by atoms with Crippen LogP contribution in [0.5, 0.6) is 0 Å². The molecule has 5 aromatic rings. The second kappa shape index (κ2) is 8.15. The zero-order chi connectivity index (χ0) is 23.1. The fraction of sp³-hybridized carbons (Fsp3) is 0.154. The largest absolute Gasteiger partial charge is 0.432 e. The summed E-state index contributed by atoms with van der Waals surface area (Å²) in [5.74, 6) is 2.44. The molecule has 1 aliphatic rings. The molecular formula is C26H23N6O2+. The second-order valence-corrected chi connectivity index (χ2v) is 8.23. The Kier molecular flexibility index (Phi) is 4.83. The molecule has 6 rings (SSSR count). The van der Waals surface area contributed by atoms with E-state index < -0.39 is 0 Å². The summed E-state index contributed by atoms with van der Waals surface area (Å²) in [6.07, 6.45) is 9.98. The van der Waals surface area contributed by atoms with E-state index in [9.17, 15) is 0 Å². The molecule has 0 aliphatic carbocycles. The van der Waals surface area contributed by atoms with E-state index in [1.54, 1.807) is 12.5 Å². The van der Waals surface area contributed by atoms with Gasteiger partial charge in [-0.15, -0.1) is 0 Å². The van der Waals surface area contributed by atoms with Crippen LogP contribution in [0.4, 0.5) is 17.3 Å². The number of nitrogens with zero attached hydrogens (tertiary/aromatic N) is 6. The number of anilines is 2. The lowest BCUT2D eigenvalue weighted by molar-refractivity contribution is -0.403. The third-order valence-corrected chi connectivity index (χ3v) is 6.06. The van der Waals surface area contributed by atoms with Crippen molar-refractivity contribution in [1.29, 1.82) is 0 Å². The monoisotopic (exact) mass is 451 g/mol. The predicted molar refractivity (Wildman–Crippen MR) is 132 cm³/mol. The minimum Gasteiger partial charge on any atom is -0.432 e. The normalized spacial score (nSPS) is 13.1. The topological polar surface area (TPSA) is 75.6 Å². The van der Waals surface area contributed by atoms with Crippen LogP contribution in [-0.4, -0.2) is 45.3 Å². The van der Waals surface area contributed by atoms with Gasteiger partial charge in [-0.1, -0.05) is 24.3 Å². The molecule has 8 nitrogen and oxygen atoms in total. The van der Waals surface area contributed by atoms with Crippen molar-refractivity contribution < 1.29 is 13.4 Å². The lowest BCUT2D eigenvalue weighted by Gasteiger charge is -2.22. The lowest BCUT2D eigenvalue weighted by atomic mass is 10.1. The van der Waals surface area contributed by atoms with Crippen LogP contribution >= 0.6 is 0 Å². The second-order valence-electron chi connectivity index (χ2n) is 8.23. The number of fused-ring (bicyclic) bond motifs is 2. The summed E-state index contributed by atoms with van der Waals surface area (Å²) in [6, 6.07) is 16.3. The Labute approximate surface area is 196 Å². The Morgan fingerprint density at radius 3 is 2.91 bits per heavy atom. The zero-order valence-corrected chi connectivity index (χ0v) is 18.9. The maximum atomic E-state index is 5.37. The third-order valence-electron chi connectivity index (χ3n) is 6.06. The molecule has 168 valence electrons. The predicted octanol–water partition coefficient (Wildman–Crippen LogP) is 4.94. The highest BCUT2D eigenvalue weighted by Gasteiger charge is 2.27. The number of aromatic nitrogens is 3. The third kappa shape index (κ3) is 3.40. The first-order chi connectivity index (χ1) is 16.7. The summed E-state index contributed by atoms with van der Waals surface area (Å²) in [4.78, 5) is 16.0. The molecular weight excluding hydrogens is 428 g/mol. The fourth-order valence-corrected chi connectivity index (χ4v) is 4.48. The highest BCUT2D eigenvalue weighted by Crippen LogP contribution is 2.35. The summed E-state index contributed by atoms with van der Waals surface area (Å²) < 4.78 is 14.9. The number of pyridine rings is 1. The molecule has 0 fully saturated rings. The molecule has 0 atom stereocenters. The number of benzene rings is 1.